The number of fused-ring (bicyclic) bond motifs is 1. The molecule has 196 valence electrons. The third-order valence-electron chi connectivity index (χ3n) is 7.50. The smallest absolute Gasteiger partial charge is 0.242 e. The van der Waals surface area contributed by atoms with Crippen LogP contribution in [0, 0.1) is 0 Å². The Morgan fingerprint density at radius 2 is 1.86 bits per heavy atom. The average molecular weight is 516 g/mol. The Morgan fingerprint density at radius 1 is 1.14 bits per heavy atom. The fraction of sp³-hybridized carbons (Fsp3) is 0.519. The van der Waals surface area contributed by atoms with Gasteiger partial charge in [-0.2, -0.15) is 0 Å². The van der Waals surface area contributed by atoms with Gasteiger partial charge in [0.2, 0.25) is 15.9 Å². The van der Waals surface area contributed by atoms with Crippen LogP contribution in [-0.4, -0.2) is 87.5 Å². The number of likely N-dealkylation sites (N-methyl/N-ethyl adjacent to an activating group) is 1. The van der Waals surface area contributed by atoms with Crippen LogP contribution in [0.1, 0.15) is 47.9 Å². The predicted molar refractivity (Wildman–Crippen MR) is 139 cm³/mol. The van der Waals surface area contributed by atoms with Crippen molar-refractivity contribution in [1.29, 1.82) is 0 Å². The van der Waals surface area contributed by atoms with Gasteiger partial charge in [-0.05, 0) is 54.5 Å². The number of carbonyl (C=O) groups is 1. The van der Waals surface area contributed by atoms with Crippen molar-refractivity contribution in [3.05, 3.63) is 59.2 Å². The first-order valence-electron chi connectivity index (χ1n) is 12.5. The molecule has 0 saturated carbocycles. The summed E-state index contributed by atoms with van der Waals surface area (Å²) in [5, 5.41) is 10.0. The van der Waals surface area contributed by atoms with Crippen molar-refractivity contribution in [1.82, 2.24) is 14.1 Å². The second-order valence-electron chi connectivity index (χ2n) is 9.97. The first-order chi connectivity index (χ1) is 17.1. The lowest BCUT2D eigenvalue weighted by Gasteiger charge is -2.36. The summed E-state index contributed by atoms with van der Waals surface area (Å²) in [7, 11) is 2.63. The van der Waals surface area contributed by atoms with Gasteiger partial charge in [-0.25, -0.2) is 12.7 Å². The lowest BCUT2D eigenvalue weighted by Crippen LogP contribution is -2.42. The first kappa shape index (κ1) is 26.6. The van der Waals surface area contributed by atoms with Gasteiger partial charge in [-0.15, -0.1) is 0 Å². The summed E-state index contributed by atoms with van der Waals surface area (Å²) in [5.41, 5.74) is 2.38. The molecule has 4 rings (SSSR count). The van der Waals surface area contributed by atoms with Crippen molar-refractivity contribution >= 4 is 15.9 Å². The molecule has 8 nitrogen and oxygen atoms in total. The molecule has 9 heteroatoms. The molecule has 0 bridgehead atoms. The molecule has 36 heavy (non-hydrogen) atoms. The quantitative estimate of drug-likeness (QED) is 0.581. The highest BCUT2D eigenvalue weighted by Gasteiger charge is 2.38. The van der Waals surface area contributed by atoms with E-state index in [4.69, 9.17) is 4.74 Å². The zero-order valence-corrected chi connectivity index (χ0v) is 22.4. The van der Waals surface area contributed by atoms with E-state index in [1.807, 2.05) is 30.3 Å². The highest BCUT2D eigenvalue weighted by molar-refractivity contribution is 7.89. The molecule has 1 fully saturated rings. The minimum Gasteiger partial charge on any atom is -0.496 e. The molecular formula is C27H37N3O5S. The normalized spacial score (nSPS) is 21.3. The number of amides is 1. The molecule has 0 aromatic heterocycles. The topological polar surface area (TPSA) is 90.4 Å². The molecule has 3 unspecified atom stereocenters. The van der Waals surface area contributed by atoms with Crippen LogP contribution in [0.5, 0.6) is 5.75 Å². The fourth-order valence-corrected chi connectivity index (χ4v) is 6.68. The molecule has 1 aliphatic carbocycles. The largest absolute Gasteiger partial charge is 0.496 e. The number of hydrogen-bond donors (Lipinski definition) is 1. The third kappa shape index (κ3) is 5.16. The maximum Gasteiger partial charge on any atom is 0.242 e. The summed E-state index contributed by atoms with van der Waals surface area (Å²) in [4.78, 5) is 18.3. The standard InChI is InChI=1S/C27H37N3O5S/c1-28(2)36(33,34)25-14-13-24(35-4)21-11-8-12-22(26(21)25)27(32)29(3)23(19-9-6-5-7-10-19)18-30-16-15-20(31)17-30/h5-7,9-10,13-14,20,22-23,31H,8,11-12,15-18H2,1-4H3. The van der Waals surface area contributed by atoms with Crippen LogP contribution >= 0.6 is 0 Å². The maximum absolute atomic E-state index is 14.2. The van der Waals surface area contributed by atoms with E-state index in [2.05, 4.69) is 4.90 Å². The van der Waals surface area contributed by atoms with Gasteiger partial charge in [0, 0.05) is 40.8 Å². The van der Waals surface area contributed by atoms with Crippen LogP contribution in [0.2, 0.25) is 0 Å². The molecule has 2 aromatic carbocycles. The Hall–Kier alpha value is -2.46. The van der Waals surface area contributed by atoms with E-state index in [9.17, 15) is 18.3 Å². The van der Waals surface area contributed by atoms with E-state index in [0.29, 0.717) is 37.2 Å². The monoisotopic (exact) mass is 515 g/mol. The minimum absolute atomic E-state index is 0.104. The molecule has 1 amide bonds. The highest BCUT2D eigenvalue weighted by Crippen LogP contribution is 2.43. The second kappa shape index (κ2) is 10.9. The van der Waals surface area contributed by atoms with Crippen LogP contribution in [0.25, 0.3) is 0 Å². The van der Waals surface area contributed by atoms with Crippen molar-refractivity contribution in [3.63, 3.8) is 0 Å². The Balaban J connectivity index is 1.74. The summed E-state index contributed by atoms with van der Waals surface area (Å²) in [5.74, 6) is -0.0736. The van der Waals surface area contributed by atoms with E-state index in [1.165, 1.54) is 18.4 Å². The van der Waals surface area contributed by atoms with Crippen molar-refractivity contribution in [2.75, 3.05) is 47.9 Å². The number of sulfonamides is 1. The zero-order valence-electron chi connectivity index (χ0n) is 21.6. The number of likely N-dealkylation sites (tertiary alicyclic amines) is 1. The summed E-state index contributed by atoms with van der Waals surface area (Å²) in [6.45, 7) is 1.96. The number of aliphatic hydroxyl groups is 1. The number of carbonyl (C=O) groups excluding carboxylic acids is 1. The Morgan fingerprint density at radius 3 is 2.47 bits per heavy atom. The molecule has 2 aliphatic rings. The lowest BCUT2D eigenvalue weighted by atomic mass is 9.81. The SMILES string of the molecule is COc1ccc(S(=O)(=O)N(C)C)c2c1CCCC2C(=O)N(C)C(CN1CCC(O)C1)c1ccccc1. The Labute approximate surface area is 214 Å². The number of hydrogen-bond acceptors (Lipinski definition) is 6. The molecule has 2 aromatic rings. The molecule has 0 spiro atoms. The summed E-state index contributed by atoms with van der Waals surface area (Å²) in [6, 6.07) is 12.9. The number of rotatable bonds is 8. The van der Waals surface area contributed by atoms with Gasteiger partial charge in [-0.1, -0.05) is 30.3 Å². The van der Waals surface area contributed by atoms with Gasteiger partial charge < -0.3 is 14.7 Å². The molecule has 1 N–H and O–H groups in total. The molecule has 0 radical (unpaired) electrons. The molecule has 1 aliphatic heterocycles. The van der Waals surface area contributed by atoms with Gasteiger partial charge in [0.1, 0.15) is 5.75 Å². The molecule has 1 heterocycles. The van der Waals surface area contributed by atoms with E-state index >= 15 is 0 Å². The van der Waals surface area contributed by atoms with Crippen molar-refractivity contribution < 1.29 is 23.1 Å². The number of aliphatic hydroxyl groups excluding tert-OH is 1. The number of nitrogens with zero attached hydrogens (tertiary/aromatic N) is 3. The van der Waals surface area contributed by atoms with Crippen LogP contribution in [-0.2, 0) is 21.2 Å². The molecular weight excluding hydrogens is 478 g/mol. The van der Waals surface area contributed by atoms with E-state index < -0.39 is 15.9 Å². The van der Waals surface area contributed by atoms with Gasteiger partial charge >= 0.3 is 0 Å². The summed E-state index contributed by atoms with van der Waals surface area (Å²) < 4.78 is 33.4. The zero-order chi connectivity index (χ0) is 26.0. The number of β-amino-alcohol motifs (C(OH)–C–C–N with tert-alkyl or cyclic N) is 1. The Bertz CT molecular complexity index is 1190. The summed E-state index contributed by atoms with van der Waals surface area (Å²) in [6.07, 6.45) is 2.38. The van der Waals surface area contributed by atoms with E-state index in [1.54, 1.807) is 31.2 Å². The van der Waals surface area contributed by atoms with Crippen molar-refractivity contribution in [2.45, 2.75) is 48.6 Å². The minimum atomic E-state index is -3.76. The van der Waals surface area contributed by atoms with Crippen LogP contribution in [0.15, 0.2) is 47.4 Å². The first-order valence-corrected chi connectivity index (χ1v) is 13.9. The average Bonchev–Trinajstić information content (AvgIpc) is 3.30. The predicted octanol–water partition coefficient (Wildman–Crippen LogP) is 2.63. The van der Waals surface area contributed by atoms with Crippen LogP contribution in [0.4, 0.5) is 0 Å². The fourth-order valence-electron chi connectivity index (χ4n) is 5.50. The molecule has 1 saturated heterocycles. The van der Waals surface area contributed by atoms with E-state index in [0.717, 1.165) is 30.5 Å². The molecule has 3 atom stereocenters. The Kier molecular flexibility index (Phi) is 8.04. The number of methoxy groups -OCH3 is 1. The van der Waals surface area contributed by atoms with Gasteiger partial charge in [0.05, 0.1) is 30.1 Å². The third-order valence-corrected chi connectivity index (χ3v) is 9.37. The van der Waals surface area contributed by atoms with E-state index in [-0.39, 0.29) is 22.9 Å². The van der Waals surface area contributed by atoms with Crippen molar-refractivity contribution in [3.8, 4) is 5.75 Å². The summed E-state index contributed by atoms with van der Waals surface area (Å²) >= 11 is 0. The maximum atomic E-state index is 14.2. The van der Waals surface area contributed by atoms with Crippen molar-refractivity contribution in [2.24, 2.45) is 0 Å². The van der Waals surface area contributed by atoms with Crippen LogP contribution < -0.4 is 4.74 Å². The second-order valence-corrected chi connectivity index (χ2v) is 12.1. The van der Waals surface area contributed by atoms with Gasteiger partial charge in [-0.3, -0.25) is 9.69 Å². The lowest BCUT2D eigenvalue weighted by molar-refractivity contribution is -0.134. The number of benzene rings is 2. The highest BCUT2D eigenvalue weighted by atomic mass is 32.2. The van der Waals surface area contributed by atoms with Crippen LogP contribution in [0.3, 0.4) is 0 Å². The van der Waals surface area contributed by atoms with Gasteiger partial charge in [0.15, 0.2) is 0 Å². The van der Waals surface area contributed by atoms with Gasteiger partial charge in [0.25, 0.3) is 0 Å². The number of ether oxygens (including phenoxy) is 1.